The van der Waals surface area contributed by atoms with Gasteiger partial charge in [0, 0.05) is 24.2 Å². The first-order chi connectivity index (χ1) is 9.84. The Morgan fingerprint density at radius 3 is 2.60 bits per heavy atom. The number of aromatic nitrogens is 2. The highest BCUT2D eigenvalue weighted by molar-refractivity contribution is 7.99. The normalized spacial score (nSPS) is 10.8. The highest BCUT2D eigenvalue weighted by Crippen LogP contribution is 2.19. The highest BCUT2D eigenvalue weighted by Gasteiger charge is 2.05. The molecular formula is C16H17N3S. The molecule has 0 radical (unpaired) electrons. The van der Waals surface area contributed by atoms with Gasteiger partial charge in [0.2, 0.25) is 5.95 Å². The van der Waals surface area contributed by atoms with E-state index in [9.17, 15) is 0 Å². The van der Waals surface area contributed by atoms with E-state index in [1.165, 1.54) is 4.90 Å². The van der Waals surface area contributed by atoms with Crippen LogP contribution in [0.25, 0.3) is 11.0 Å². The topological polar surface area (TPSA) is 29.9 Å². The van der Waals surface area contributed by atoms with Gasteiger partial charge < -0.3 is 9.88 Å². The van der Waals surface area contributed by atoms with Crippen molar-refractivity contribution < 1.29 is 0 Å². The van der Waals surface area contributed by atoms with E-state index in [-0.39, 0.29) is 0 Å². The molecule has 0 aliphatic rings. The van der Waals surface area contributed by atoms with Crippen LogP contribution in [0.2, 0.25) is 0 Å². The number of imidazole rings is 1. The van der Waals surface area contributed by atoms with Gasteiger partial charge in [-0.2, -0.15) is 0 Å². The summed E-state index contributed by atoms with van der Waals surface area (Å²) >= 11 is 1.85. The monoisotopic (exact) mass is 283 g/mol. The zero-order valence-corrected chi connectivity index (χ0v) is 12.2. The maximum absolute atomic E-state index is 4.60. The molecule has 3 rings (SSSR count). The molecule has 0 saturated carbocycles. The molecular weight excluding hydrogens is 266 g/mol. The number of nitrogens with one attached hydrogen (secondary N) is 1. The molecule has 20 heavy (non-hydrogen) atoms. The standard InChI is InChI=1S/C16H17N3S/c1-19-15-10-6-5-9-14(15)18-16(19)17-11-12-20-13-7-3-2-4-8-13/h2-10H,11-12H2,1H3,(H,17,18). The van der Waals surface area contributed by atoms with Crippen LogP contribution in [-0.2, 0) is 7.05 Å². The number of para-hydroxylation sites is 2. The number of anilines is 1. The van der Waals surface area contributed by atoms with E-state index in [4.69, 9.17) is 0 Å². The zero-order valence-electron chi connectivity index (χ0n) is 11.4. The Labute approximate surface area is 123 Å². The quantitative estimate of drug-likeness (QED) is 0.571. The molecule has 0 aliphatic heterocycles. The van der Waals surface area contributed by atoms with Crippen molar-refractivity contribution in [2.45, 2.75) is 4.90 Å². The minimum absolute atomic E-state index is 0.900. The minimum atomic E-state index is 0.900. The molecule has 0 atom stereocenters. The number of aryl methyl sites for hydroxylation is 1. The predicted molar refractivity (Wildman–Crippen MR) is 86.4 cm³/mol. The average molecular weight is 283 g/mol. The number of rotatable bonds is 5. The molecule has 0 saturated heterocycles. The summed E-state index contributed by atoms with van der Waals surface area (Å²) in [5, 5.41) is 3.40. The summed E-state index contributed by atoms with van der Waals surface area (Å²) in [6.07, 6.45) is 0. The van der Waals surface area contributed by atoms with E-state index >= 15 is 0 Å². The van der Waals surface area contributed by atoms with Gasteiger partial charge in [0.15, 0.2) is 0 Å². The van der Waals surface area contributed by atoms with Crippen LogP contribution in [0.1, 0.15) is 0 Å². The third-order valence-corrected chi connectivity index (χ3v) is 4.20. The summed E-state index contributed by atoms with van der Waals surface area (Å²) in [7, 11) is 2.04. The van der Waals surface area contributed by atoms with Gasteiger partial charge in [-0.3, -0.25) is 0 Å². The average Bonchev–Trinajstić information content (AvgIpc) is 2.82. The van der Waals surface area contributed by atoms with E-state index in [0.29, 0.717) is 0 Å². The van der Waals surface area contributed by atoms with Crippen LogP contribution in [0.4, 0.5) is 5.95 Å². The van der Waals surface area contributed by atoms with Crippen molar-refractivity contribution in [3.8, 4) is 0 Å². The first-order valence-corrected chi connectivity index (χ1v) is 7.66. The van der Waals surface area contributed by atoms with Crippen LogP contribution in [0, 0.1) is 0 Å². The molecule has 1 N–H and O–H groups in total. The van der Waals surface area contributed by atoms with E-state index in [1.54, 1.807) is 0 Å². The van der Waals surface area contributed by atoms with Gasteiger partial charge in [-0.05, 0) is 24.3 Å². The van der Waals surface area contributed by atoms with Crippen LogP contribution >= 0.6 is 11.8 Å². The van der Waals surface area contributed by atoms with E-state index < -0.39 is 0 Å². The van der Waals surface area contributed by atoms with Gasteiger partial charge in [0.25, 0.3) is 0 Å². The van der Waals surface area contributed by atoms with Crippen molar-refractivity contribution in [3.63, 3.8) is 0 Å². The van der Waals surface area contributed by atoms with Crippen LogP contribution < -0.4 is 5.32 Å². The fourth-order valence-corrected chi connectivity index (χ4v) is 2.94. The van der Waals surface area contributed by atoms with Crippen molar-refractivity contribution in [3.05, 3.63) is 54.6 Å². The van der Waals surface area contributed by atoms with Crippen LogP contribution in [0.3, 0.4) is 0 Å². The van der Waals surface area contributed by atoms with Gasteiger partial charge in [0.1, 0.15) is 0 Å². The summed E-state index contributed by atoms with van der Waals surface area (Å²) < 4.78 is 2.10. The summed E-state index contributed by atoms with van der Waals surface area (Å²) in [5.74, 6) is 1.95. The fourth-order valence-electron chi connectivity index (χ4n) is 2.15. The largest absolute Gasteiger partial charge is 0.355 e. The summed E-state index contributed by atoms with van der Waals surface area (Å²) in [6, 6.07) is 18.7. The third kappa shape index (κ3) is 2.80. The number of thioether (sulfide) groups is 1. The Morgan fingerprint density at radius 2 is 1.80 bits per heavy atom. The lowest BCUT2D eigenvalue weighted by molar-refractivity contribution is 0.938. The second-order valence-corrected chi connectivity index (χ2v) is 5.74. The van der Waals surface area contributed by atoms with Crippen LogP contribution in [-0.4, -0.2) is 21.8 Å². The Morgan fingerprint density at radius 1 is 1.05 bits per heavy atom. The molecule has 3 nitrogen and oxygen atoms in total. The van der Waals surface area contributed by atoms with Gasteiger partial charge in [0.05, 0.1) is 11.0 Å². The smallest absolute Gasteiger partial charge is 0.203 e. The SMILES string of the molecule is Cn1c(NCCSc2ccccc2)nc2ccccc21. The summed E-state index contributed by atoms with van der Waals surface area (Å²) in [6.45, 7) is 0.900. The highest BCUT2D eigenvalue weighted by atomic mass is 32.2. The number of hydrogen-bond donors (Lipinski definition) is 1. The van der Waals surface area contributed by atoms with E-state index in [0.717, 1.165) is 29.3 Å². The van der Waals surface area contributed by atoms with Crippen molar-refractivity contribution in [2.24, 2.45) is 7.05 Å². The predicted octanol–water partition coefficient (Wildman–Crippen LogP) is 3.78. The molecule has 1 heterocycles. The number of hydrogen-bond acceptors (Lipinski definition) is 3. The van der Waals surface area contributed by atoms with Crippen LogP contribution in [0.15, 0.2) is 59.5 Å². The third-order valence-electron chi connectivity index (χ3n) is 3.18. The molecule has 3 aromatic rings. The van der Waals surface area contributed by atoms with Gasteiger partial charge >= 0.3 is 0 Å². The lowest BCUT2D eigenvalue weighted by Crippen LogP contribution is -2.08. The maximum Gasteiger partial charge on any atom is 0.203 e. The molecule has 0 fully saturated rings. The van der Waals surface area contributed by atoms with Crippen molar-refractivity contribution in [2.75, 3.05) is 17.6 Å². The van der Waals surface area contributed by atoms with E-state index in [1.807, 2.05) is 43.1 Å². The van der Waals surface area contributed by atoms with Crippen LogP contribution in [0.5, 0.6) is 0 Å². The van der Waals surface area contributed by atoms with Gasteiger partial charge in [-0.1, -0.05) is 30.3 Å². The lowest BCUT2D eigenvalue weighted by atomic mass is 10.3. The molecule has 0 unspecified atom stereocenters. The zero-order chi connectivity index (χ0) is 13.8. The molecule has 4 heteroatoms. The summed E-state index contributed by atoms with van der Waals surface area (Å²) in [5.41, 5.74) is 2.19. The van der Waals surface area contributed by atoms with Crippen molar-refractivity contribution in [1.82, 2.24) is 9.55 Å². The second kappa shape index (κ2) is 6.01. The first-order valence-electron chi connectivity index (χ1n) is 6.68. The second-order valence-electron chi connectivity index (χ2n) is 4.57. The van der Waals surface area contributed by atoms with E-state index in [2.05, 4.69) is 45.2 Å². The Bertz CT molecular complexity index is 691. The first kappa shape index (κ1) is 13.1. The number of benzene rings is 2. The Balaban J connectivity index is 1.59. The molecule has 2 aromatic carbocycles. The number of nitrogens with zero attached hydrogens (tertiary/aromatic N) is 2. The molecule has 0 aliphatic carbocycles. The van der Waals surface area contributed by atoms with Crippen molar-refractivity contribution in [1.29, 1.82) is 0 Å². The molecule has 0 spiro atoms. The Hall–Kier alpha value is -1.94. The summed E-state index contributed by atoms with van der Waals surface area (Å²) in [4.78, 5) is 5.90. The fraction of sp³-hybridized carbons (Fsp3) is 0.188. The van der Waals surface area contributed by atoms with Crippen molar-refractivity contribution >= 4 is 28.7 Å². The molecule has 102 valence electrons. The minimum Gasteiger partial charge on any atom is -0.355 e. The molecule has 1 aromatic heterocycles. The lowest BCUT2D eigenvalue weighted by Gasteiger charge is -2.06. The molecule has 0 amide bonds. The number of fused-ring (bicyclic) bond motifs is 1. The molecule has 0 bridgehead atoms. The maximum atomic E-state index is 4.60. The van der Waals surface area contributed by atoms with Gasteiger partial charge in [-0.15, -0.1) is 11.8 Å². The Kier molecular flexibility index (Phi) is 3.92. The van der Waals surface area contributed by atoms with Gasteiger partial charge in [-0.25, -0.2) is 4.98 Å².